The standard InChI is InChI=1S/C16H22BrNO2/c1-2-11-12(16(18)6-3-4-7-16)10-13(17)15-14(11)19-8-5-9-20-15/h10H,2-9,18H2,1H3. The zero-order valence-electron chi connectivity index (χ0n) is 12.0. The number of halogens is 1. The van der Waals surface area contributed by atoms with Gasteiger partial charge in [-0.05, 0) is 46.8 Å². The van der Waals surface area contributed by atoms with Crippen molar-refractivity contribution in [2.45, 2.75) is 51.0 Å². The van der Waals surface area contributed by atoms with Crippen molar-refractivity contribution in [2.75, 3.05) is 13.2 Å². The van der Waals surface area contributed by atoms with E-state index in [9.17, 15) is 0 Å². The van der Waals surface area contributed by atoms with E-state index in [4.69, 9.17) is 15.2 Å². The maximum Gasteiger partial charge on any atom is 0.175 e. The van der Waals surface area contributed by atoms with Crippen LogP contribution >= 0.6 is 15.9 Å². The highest BCUT2D eigenvalue weighted by molar-refractivity contribution is 9.10. The lowest BCUT2D eigenvalue weighted by atomic mass is 9.84. The Labute approximate surface area is 129 Å². The summed E-state index contributed by atoms with van der Waals surface area (Å²) >= 11 is 3.64. The van der Waals surface area contributed by atoms with Gasteiger partial charge in [0.1, 0.15) is 0 Å². The summed E-state index contributed by atoms with van der Waals surface area (Å²) in [6, 6.07) is 2.16. The summed E-state index contributed by atoms with van der Waals surface area (Å²) in [5.74, 6) is 1.76. The molecule has 0 unspecified atom stereocenters. The molecule has 20 heavy (non-hydrogen) atoms. The van der Waals surface area contributed by atoms with Crippen molar-refractivity contribution in [1.29, 1.82) is 0 Å². The molecule has 1 aliphatic carbocycles. The molecule has 110 valence electrons. The first-order valence-electron chi connectivity index (χ1n) is 7.56. The van der Waals surface area contributed by atoms with Crippen molar-refractivity contribution in [1.82, 2.24) is 0 Å². The van der Waals surface area contributed by atoms with Gasteiger partial charge >= 0.3 is 0 Å². The van der Waals surface area contributed by atoms with E-state index in [0.717, 1.165) is 41.7 Å². The second-order valence-electron chi connectivity index (χ2n) is 5.81. The van der Waals surface area contributed by atoms with Crippen LogP contribution in [0, 0.1) is 0 Å². The number of rotatable bonds is 2. The van der Waals surface area contributed by atoms with Gasteiger partial charge in [0.25, 0.3) is 0 Å². The van der Waals surface area contributed by atoms with Gasteiger partial charge in [0.05, 0.1) is 17.7 Å². The van der Waals surface area contributed by atoms with E-state index >= 15 is 0 Å². The molecule has 0 radical (unpaired) electrons. The average Bonchev–Trinajstić information content (AvgIpc) is 2.74. The Kier molecular flexibility index (Phi) is 3.95. The first kappa shape index (κ1) is 14.2. The SMILES string of the molecule is CCc1c(C2(N)CCCC2)cc(Br)c2c1OCCCO2. The van der Waals surface area contributed by atoms with Crippen LogP contribution < -0.4 is 15.2 Å². The Morgan fingerprint density at radius 1 is 1.15 bits per heavy atom. The molecule has 1 fully saturated rings. The van der Waals surface area contributed by atoms with Gasteiger partial charge < -0.3 is 15.2 Å². The van der Waals surface area contributed by atoms with E-state index < -0.39 is 0 Å². The lowest BCUT2D eigenvalue weighted by Crippen LogP contribution is -2.34. The maximum atomic E-state index is 6.68. The molecular weight excluding hydrogens is 318 g/mol. The topological polar surface area (TPSA) is 44.5 Å². The first-order valence-corrected chi connectivity index (χ1v) is 8.35. The van der Waals surface area contributed by atoms with Crippen LogP contribution in [-0.2, 0) is 12.0 Å². The van der Waals surface area contributed by atoms with Gasteiger partial charge in [-0.25, -0.2) is 0 Å². The number of fused-ring (bicyclic) bond motifs is 1. The van der Waals surface area contributed by atoms with Crippen molar-refractivity contribution in [3.63, 3.8) is 0 Å². The number of ether oxygens (including phenoxy) is 2. The zero-order valence-corrected chi connectivity index (χ0v) is 13.6. The van der Waals surface area contributed by atoms with E-state index in [2.05, 4.69) is 28.9 Å². The molecule has 0 spiro atoms. The molecule has 1 saturated carbocycles. The summed E-state index contributed by atoms with van der Waals surface area (Å²) in [6.07, 6.45) is 6.40. The van der Waals surface area contributed by atoms with Crippen LogP contribution in [0.4, 0.5) is 0 Å². The molecule has 3 rings (SSSR count). The monoisotopic (exact) mass is 339 g/mol. The van der Waals surface area contributed by atoms with Gasteiger partial charge in [-0.1, -0.05) is 19.8 Å². The number of nitrogens with two attached hydrogens (primary N) is 1. The highest BCUT2D eigenvalue weighted by atomic mass is 79.9. The van der Waals surface area contributed by atoms with Gasteiger partial charge in [-0.2, -0.15) is 0 Å². The van der Waals surface area contributed by atoms with Gasteiger partial charge in [0.15, 0.2) is 11.5 Å². The molecule has 1 aliphatic heterocycles. The third-order valence-corrected chi connectivity index (χ3v) is 5.05. The van der Waals surface area contributed by atoms with Gasteiger partial charge in [0.2, 0.25) is 0 Å². The molecule has 1 aromatic rings. The van der Waals surface area contributed by atoms with Gasteiger partial charge in [-0.3, -0.25) is 0 Å². The van der Waals surface area contributed by atoms with Gasteiger partial charge in [-0.15, -0.1) is 0 Å². The van der Waals surface area contributed by atoms with E-state index in [1.807, 2.05) is 0 Å². The van der Waals surface area contributed by atoms with E-state index in [0.29, 0.717) is 13.2 Å². The first-order chi connectivity index (χ1) is 9.65. The summed E-state index contributed by atoms with van der Waals surface area (Å²) in [5, 5.41) is 0. The van der Waals surface area contributed by atoms with Crippen molar-refractivity contribution in [3.8, 4) is 11.5 Å². The van der Waals surface area contributed by atoms with Crippen molar-refractivity contribution >= 4 is 15.9 Å². The normalized spacial score (nSPS) is 20.8. The van der Waals surface area contributed by atoms with Crippen LogP contribution in [0.15, 0.2) is 10.5 Å². The summed E-state index contributed by atoms with van der Waals surface area (Å²) in [7, 11) is 0. The summed E-state index contributed by atoms with van der Waals surface area (Å²) in [6.45, 7) is 3.59. The number of hydrogen-bond acceptors (Lipinski definition) is 3. The number of benzene rings is 1. The lowest BCUT2D eigenvalue weighted by molar-refractivity contribution is 0.295. The molecule has 1 heterocycles. The Balaban J connectivity index is 2.15. The predicted octanol–water partition coefficient (Wildman–Crippen LogP) is 3.90. The summed E-state index contributed by atoms with van der Waals surface area (Å²) in [4.78, 5) is 0. The van der Waals surface area contributed by atoms with E-state index in [-0.39, 0.29) is 5.54 Å². The minimum absolute atomic E-state index is 0.196. The largest absolute Gasteiger partial charge is 0.489 e. The molecule has 2 N–H and O–H groups in total. The smallest absolute Gasteiger partial charge is 0.175 e. The minimum atomic E-state index is -0.196. The molecular formula is C16H22BrNO2. The average molecular weight is 340 g/mol. The van der Waals surface area contributed by atoms with E-state index in [1.165, 1.54) is 24.0 Å². The van der Waals surface area contributed by atoms with Crippen molar-refractivity contribution in [3.05, 3.63) is 21.7 Å². The molecule has 2 aliphatic rings. The fourth-order valence-electron chi connectivity index (χ4n) is 3.41. The fraction of sp³-hybridized carbons (Fsp3) is 0.625. The van der Waals surface area contributed by atoms with Crippen LogP contribution in [0.5, 0.6) is 11.5 Å². The number of hydrogen-bond donors (Lipinski definition) is 1. The Morgan fingerprint density at radius 2 is 1.80 bits per heavy atom. The Bertz CT molecular complexity index is 510. The molecule has 0 amide bonds. The summed E-state index contributed by atoms with van der Waals surface area (Å²) in [5.41, 5.74) is 8.96. The highest BCUT2D eigenvalue weighted by Gasteiger charge is 2.35. The van der Waals surface area contributed by atoms with Crippen LogP contribution in [-0.4, -0.2) is 13.2 Å². The second kappa shape index (κ2) is 5.57. The molecule has 0 aromatic heterocycles. The van der Waals surface area contributed by atoms with Crippen LogP contribution in [0.25, 0.3) is 0 Å². The molecule has 0 bridgehead atoms. The second-order valence-corrected chi connectivity index (χ2v) is 6.66. The van der Waals surface area contributed by atoms with Crippen molar-refractivity contribution < 1.29 is 9.47 Å². The van der Waals surface area contributed by atoms with Crippen molar-refractivity contribution in [2.24, 2.45) is 5.73 Å². The van der Waals surface area contributed by atoms with Gasteiger partial charge in [0, 0.05) is 17.5 Å². The van der Waals surface area contributed by atoms with E-state index in [1.54, 1.807) is 0 Å². The molecule has 1 aromatic carbocycles. The summed E-state index contributed by atoms with van der Waals surface area (Å²) < 4.78 is 12.8. The molecule has 4 heteroatoms. The zero-order chi connectivity index (χ0) is 14.2. The third-order valence-electron chi connectivity index (χ3n) is 4.46. The highest BCUT2D eigenvalue weighted by Crippen LogP contribution is 2.47. The molecule has 3 nitrogen and oxygen atoms in total. The predicted molar refractivity (Wildman–Crippen MR) is 83.5 cm³/mol. The van der Waals surface area contributed by atoms with Crippen LogP contribution in [0.3, 0.4) is 0 Å². The fourth-order valence-corrected chi connectivity index (χ4v) is 3.94. The van der Waals surface area contributed by atoms with Crippen LogP contribution in [0.2, 0.25) is 0 Å². The maximum absolute atomic E-state index is 6.68. The Hall–Kier alpha value is -0.740. The molecule has 0 atom stereocenters. The molecule has 0 saturated heterocycles. The Morgan fingerprint density at radius 3 is 2.45 bits per heavy atom. The lowest BCUT2D eigenvalue weighted by Gasteiger charge is -2.29. The third kappa shape index (κ3) is 2.33. The minimum Gasteiger partial charge on any atom is -0.489 e. The quantitative estimate of drug-likeness (QED) is 0.888. The van der Waals surface area contributed by atoms with Crippen LogP contribution in [0.1, 0.15) is 50.2 Å².